The maximum atomic E-state index is 15.3. The second-order valence-corrected chi connectivity index (χ2v) is 16.0. The first kappa shape index (κ1) is 34.8. The minimum absolute atomic E-state index is 0.0467. The van der Waals surface area contributed by atoms with Crippen molar-refractivity contribution in [3.05, 3.63) is 144 Å². The number of nitrogens with zero attached hydrogens (tertiary/aromatic N) is 2. The van der Waals surface area contributed by atoms with Gasteiger partial charge in [-0.05, 0) is 76.2 Å². The highest BCUT2D eigenvalue weighted by Gasteiger charge is 2.61. The molecule has 0 amide bonds. The molecule has 2 aliphatic rings. The van der Waals surface area contributed by atoms with Gasteiger partial charge >= 0.3 is 8.10 Å². The highest BCUT2D eigenvalue weighted by atomic mass is 31.1. The van der Waals surface area contributed by atoms with Crippen LogP contribution in [0.3, 0.4) is 0 Å². The Kier molecular flexibility index (Phi) is 11.3. The molecule has 0 bridgehead atoms. The van der Waals surface area contributed by atoms with E-state index in [2.05, 4.69) is 158 Å². The van der Waals surface area contributed by atoms with Crippen molar-refractivity contribution >= 4 is 8.10 Å². The molecule has 0 unspecified atom stereocenters. The first-order valence-electron chi connectivity index (χ1n) is 18.7. The summed E-state index contributed by atoms with van der Waals surface area (Å²) in [5.74, 6) is 0.473. The second-order valence-electron chi connectivity index (χ2n) is 14.5. The van der Waals surface area contributed by atoms with Gasteiger partial charge in [0.25, 0.3) is 0 Å². The van der Waals surface area contributed by atoms with Gasteiger partial charge in [-0.25, -0.2) is 0 Å². The Morgan fingerprint density at radius 1 is 0.521 bits per heavy atom. The highest BCUT2D eigenvalue weighted by Crippen LogP contribution is 2.58. The molecule has 2 atom stereocenters. The topological polar surface area (TPSA) is 23.6 Å². The van der Waals surface area contributed by atoms with Gasteiger partial charge in [-0.3, -0.25) is 0 Å². The molecule has 0 aromatic heterocycles. The largest absolute Gasteiger partial charge is 0.538 e. The minimum Gasteiger partial charge on any atom is -0.0736 e. The van der Waals surface area contributed by atoms with E-state index < -0.39 is 8.10 Å². The lowest BCUT2D eigenvalue weighted by molar-refractivity contribution is 0.110. The normalized spacial score (nSPS) is 19.2. The van der Waals surface area contributed by atoms with Gasteiger partial charge in [-0.1, -0.05) is 171 Å². The molecule has 4 heteroatoms. The van der Waals surface area contributed by atoms with Gasteiger partial charge in [-0.2, -0.15) is 0 Å². The first-order valence-corrected chi connectivity index (χ1v) is 19.9. The summed E-state index contributed by atoms with van der Waals surface area (Å²) in [6, 6.07) is 45.1. The van der Waals surface area contributed by atoms with Crippen LogP contribution >= 0.6 is 8.10 Å². The molecular formula is C44H56N2OP+. The van der Waals surface area contributed by atoms with Crippen LogP contribution in [0.4, 0.5) is 0 Å². The fraction of sp³-hybridized carbons (Fsp3) is 0.455. The van der Waals surface area contributed by atoms with Crippen LogP contribution in [0.2, 0.25) is 0 Å². The minimum atomic E-state index is -1.70. The zero-order chi connectivity index (χ0) is 33.6. The summed E-state index contributed by atoms with van der Waals surface area (Å²) in [5, 5.41) is 0. The molecule has 252 valence electrons. The van der Waals surface area contributed by atoms with Crippen molar-refractivity contribution in [1.29, 1.82) is 0 Å². The zero-order valence-electron chi connectivity index (χ0n) is 29.7. The molecule has 0 radical (unpaired) electrons. The molecule has 0 spiro atoms. The van der Waals surface area contributed by atoms with E-state index >= 15 is 4.57 Å². The number of fused-ring (bicyclic) bond motifs is 1. The first-order chi connectivity index (χ1) is 23.5. The van der Waals surface area contributed by atoms with E-state index in [1.54, 1.807) is 0 Å². The Hall–Kier alpha value is -3.10. The Morgan fingerprint density at radius 3 is 1.04 bits per heavy atom. The Bertz CT molecular complexity index is 1370. The van der Waals surface area contributed by atoms with Crippen molar-refractivity contribution in [1.82, 2.24) is 9.34 Å². The predicted molar refractivity (Wildman–Crippen MR) is 203 cm³/mol. The molecule has 6 rings (SSSR count). The molecule has 2 fully saturated rings. The summed E-state index contributed by atoms with van der Waals surface area (Å²) >= 11 is 0. The van der Waals surface area contributed by atoms with Gasteiger partial charge in [0.15, 0.2) is 0 Å². The summed E-state index contributed by atoms with van der Waals surface area (Å²) in [4.78, 5) is 0. The van der Waals surface area contributed by atoms with E-state index in [9.17, 15) is 0 Å². The molecule has 0 N–H and O–H groups in total. The van der Waals surface area contributed by atoms with E-state index in [1.165, 1.54) is 35.1 Å². The molecular weight excluding hydrogens is 603 g/mol. The van der Waals surface area contributed by atoms with Crippen LogP contribution < -0.4 is 0 Å². The van der Waals surface area contributed by atoms with E-state index in [-0.39, 0.29) is 22.7 Å². The van der Waals surface area contributed by atoms with Crippen molar-refractivity contribution in [2.75, 3.05) is 13.1 Å². The van der Waals surface area contributed by atoms with Crippen molar-refractivity contribution in [2.45, 2.75) is 103 Å². The van der Waals surface area contributed by atoms with Gasteiger partial charge in [0.05, 0.1) is 25.2 Å². The Morgan fingerprint density at radius 2 is 0.792 bits per heavy atom. The van der Waals surface area contributed by atoms with Gasteiger partial charge in [0.1, 0.15) is 0 Å². The molecule has 1 aliphatic heterocycles. The number of benzene rings is 4. The van der Waals surface area contributed by atoms with Crippen LogP contribution in [0.15, 0.2) is 121 Å². The van der Waals surface area contributed by atoms with Crippen molar-refractivity contribution in [2.24, 2.45) is 10.8 Å². The van der Waals surface area contributed by atoms with Crippen LogP contribution in [0.5, 0.6) is 0 Å². The van der Waals surface area contributed by atoms with E-state index in [0.29, 0.717) is 12.1 Å². The van der Waals surface area contributed by atoms with Gasteiger partial charge in [0.2, 0.25) is 0 Å². The summed E-state index contributed by atoms with van der Waals surface area (Å²) in [6.45, 7) is 11.2. The monoisotopic (exact) mass is 659 g/mol. The summed E-state index contributed by atoms with van der Waals surface area (Å²) in [7, 11) is -1.70. The standard InChI is InChI=1S/C44H56N2OP/c1-5-43(6-2,41(35-23-13-9-14-24-35)36-25-15-10-16-26-36)33-45-39-31-21-22-32-40(39)46(48(45)47)34-44(7-3,8-4)42(37-27-17-11-18-28-37)38-29-19-12-20-30-38/h9-20,23-30,39-42H,5-8,21-22,31-34H2,1-4H3/q+1/t39-,40-/m1/s1. The van der Waals surface area contributed by atoms with Gasteiger partial charge in [-0.15, -0.1) is 0 Å². The molecule has 4 aromatic rings. The van der Waals surface area contributed by atoms with E-state index in [0.717, 1.165) is 51.6 Å². The van der Waals surface area contributed by atoms with Crippen LogP contribution in [0.25, 0.3) is 0 Å². The van der Waals surface area contributed by atoms with E-state index in [1.807, 2.05) is 0 Å². The summed E-state index contributed by atoms with van der Waals surface area (Å²) < 4.78 is 20.3. The fourth-order valence-corrected chi connectivity index (χ4v) is 11.7. The predicted octanol–water partition coefficient (Wildman–Crippen LogP) is 11.8. The SMILES string of the molecule is CCC(CC)(CN1[C@@H]2CCCC[C@H]2N(CC(CC)(CC)C(c2ccccc2)c2ccccc2)[P+]1=O)C(c1ccccc1)c1ccccc1. The average molecular weight is 660 g/mol. The lowest BCUT2D eigenvalue weighted by Crippen LogP contribution is -2.47. The van der Waals surface area contributed by atoms with Crippen molar-refractivity contribution < 1.29 is 4.57 Å². The molecule has 48 heavy (non-hydrogen) atoms. The third-order valence-corrected chi connectivity index (χ3v) is 14.2. The zero-order valence-corrected chi connectivity index (χ0v) is 30.6. The highest BCUT2D eigenvalue weighted by molar-refractivity contribution is 7.39. The molecule has 3 nitrogen and oxygen atoms in total. The number of rotatable bonds is 14. The summed E-state index contributed by atoms with van der Waals surface area (Å²) in [6.07, 6.45) is 8.87. The molecule has 1 saturated heterocycles. The third-order valence-electron chi connectivity index (χ3n) is 12.4. The quantitative estimate of drug-likeness (QED) is 0.126. The Labute approximate surface area is 291 Å². The van der Waals surface area contributed by atoms with Crippen LogP contribution in [-0.4, -0.2) is 34.5 Å². The molecule has 4 aromatic carbocycles. The lowest BCUT2D eigenvalue weighted by Gasteiger charge is -2.42. The average Bonchev–Trinajstić information content (AvgIpc) is 3.41. The molecule has 1 heterocycles. The third kappa shape index (κ3) is 6.72. The van der Waals surface area contributed by atoms with Crippen LogP contribution in [0.1, 0.15) is 113 Å². The smallest absolute Gasteiger partial charge is 0.0736 e. The lowest BCUT2D eigenvalue weighted by atomic mass is 9.65. The number of hydrogen-bond acceptors (Lipinski definition) is 1. The molecule has 1 aliphatic carbocycles. The summed E-state index contributed by atoms with van der Waals surface area (Å²) in [5.41, 5.74) is 5.36. The van der Waals surface area contributed by atoms with Crippen LogP contribution in [-0.2, 0) is 4.57 Å². The molecule has 1 saturated carbocycles. The van der Waals surface area contributed by atoms with Crippen molar-refractivity contribution in [3.63, 3.8) is 0 Å². The maximum Gasteiger partial charge on any atom is 0.538 e. The van der Waals surface area contributed by atoms with Crippen molar-refractivity contribution in [3.8, 4) is 0 Å². The van der Waals surface area contributed by atoms with Crippen LogP contribution in [0, 0.1) is 10.8 Å². The number of hydrogen-bond donors (Lipinski definition) is 0. The fourth-order valence-electron chi connectivity index (χ4n) is 9.52. The van der Waals surface area contributed by atoms with E-state index in [4.69, 9.17) is 0 Å². The van der Waals surface area contributed by atoms with Gasteiger partial charge in [0, 0.05) is 11.8 Å². The second kappa shape index (κ2) is 15.6. The maximum absolute atomic E-state index is 15.3. The Balaban J connectivity index is 1.39. The van der Waals surface area contributed by atoms with Gasteiger partial charge < -0.3 is 0 Å².